The summed E-state index contributed by atoms with van der Waals surface area (Å²) in [5.41, 5.74) is 0.334. The van der Waals surface area contributed by atoms with Crippen LogP contribution in [0.4, 0.5) is 0 Å². The van der Waals surface area contributed by atoms with E-state index in [0.29, 0.717) is 15.6 Å². The van der Waals surface area contributed by atoms with Crippen LogP contribution in [0.2, 0.25) is 10.0 Å². The van der Waals surface area contributed by atoms with Crippen LogP contribution < -0.4 is 5.32 Å². The molecule has 6 heteroatoms. The Morgan fingerprint density at radius 3 is 2.20 bits per heavy atom. The number of ether oxygens (including phenoxy) is 1. The monoisotopic (exact) mass is 379 g/mol. The van der Waals surface area contributed by atoms with Crippen molar-refractivity contribution < 1.29 is 14.3 Å². The van der Waals surface area contributed by atoms with E-state index in [0.717, 1.165) is 0 Å². The molecule has 4 nitrogen and oxygen atoms in total. The summed E-state index contributed by atoms with van der Waals surface area (Å²) in [5.74, 6) is -1.04. The largest absolute Gasteiger partial charge is 0.444 e. The van der Waals surface area contributed by atoms with E-state index in [-0.39, 0.29) is 5.56 Å². The highest BCUT2D eigenvalue weighted by Crippen LogP contribution is 2.23. The Kier molecular flexibility index (Phi) is 6.09. The predicted molar refractivity (Wildman–Crippen MR) is 99.0 cm³/mol. The first kappa shape index (κ1) is 19.3. The van der Waals surface area contributed by atoms with Crippen LogP contribution in [0.5, 0.6) is 0 Å². The van der Waals surface area contributed by atoms with Gasteiger partial charge in [0.15, 0.2) is 0 Å². The quantitative estimate of drug-likeness (QED) is 0.775. The second-order valence-corrected chi connectivity index (χ2v) is 7.46. The summed E-state index contributed by atoms with van der Waals surface area (Å²) in [6.45, 7) is 5.55. The van der Waals surface area contributed by atoms with Gasteiger partial charge < -0.3 is 10.1 Å². The Morgan fingerprint density at radius 2 is 1.64 bits per heavy atom. The zero-order valence-corrected chi connectivity index (χ0v) is 15.7. The number of hydrogen-bond acceptors (Lipinski definition) is 3. The number of rotatable bonds is 4. The number of carbonyl (C=O) groups excluding carboxylic acids is 2. The van der Waals surface area contributed by atoms with E-state index >= 15 is 0 Å². The van der Waals surface area contributed by atoms with Crippen molar-refractivity contribution in [1.29, 1.82) is 0 Å². The topological polar surface area (TPSA) is 55.4 Å². The summed E-state index contributed by atoms with van der Waals surface area (Å²) in [6.07, 6.45) is -1.09. The molecule has 0 aromatic heterocycles. The van der Waals surface area contributed by atoms with Gasteiger partial charge >= 0.3 is 5.97 Å². The zero-order valence-electron chi connectivity index (χ0n) is 14.2. The first-order valence-corrected chi connectivity index (χ1v) is 8.45. The van der Waals surface area contributed by atoms with Crippen LogP contribution in [-0.2, 0) is 9.53 Å². The van der Waals surface area contributed by atoms with Crippen LogP contribution in [0.25, 0.3) is 0 Å². The highest BCUT2D eigenvalue weighted by Gasteiger charge is 2.28. The summed E-state index contributed by atoms with van der Waals surface area (Å²) < 4.78 is 5.47. The summed E-state index contributed by atoms with van der Waals surface area (Å²) in [6, 6.07) is 13.0. The van der Waals surface area contributed by atoms with Crippen molar-refractivity contribution in [1.82, 2.24) is 5.32 Å². The molecule has 2 aromatic carbocycles. The summed E-state index contributed by atoms with van der Waals surface area (Å²) in [4.78, 5) is 25.1. The van der Waals surface area contributed by atoms with Gasteiger partial charge in [0.25, 0.3) is 5.91 Å². The number of nitrogens with one attached hydrogen (secondary N) is 1. The van der Waals surface area contributed by atoms with Gasteiger partial charge in [-0.1, -0.05) is 41.4 Å². The van der Waals surface area contributed by atoms with Crippen molar-refractivity contribution in [2.45, 2.75) is 32.4 Å². The third kappa shape index (κ3) is 5.76. The van der Waals surface area contributed by atoms with Crippen molar-refractivity contribution in [2.24, 2.45) is 0 Å². The Labute approximate surface area is 157 Å². The summed E-state index contributed by atoms with van der Waals surface area (Å²) in [7, 11) is 0. The van der Waals surface area contributed by atoms with E-state index in [1.54, 1.807) is 42.5 Å². The maximum absolute atomic E-state index is 12.6. The Morgan fingerprint density at radius 1 is 1.00 bits per heavy atom. The molecule has 0 bridgehead atoms. The molecule has 0 spiro atoms. The van der Waals surface area contributed by atoms with Gasteiger partial charge in [0.2, 0.25) is 6.10 Å². The van der Waals surface area contributed by atoms with Gasteiger partial charge in [-0.05, 0) is 51.1 Å². The maximum Gasteiger partial charge on any atom is 0.339 e. The average molecular weight is 380 g/mol. The number of amides is 1. The first-order valence-electron chi connectivity index (χ1n) is 7.70. The van der Waals surface area contributed by atoms with Crippen LogP contribution in [0, 0.1) is 0 Å². The van der Waals surface area contributed by atoms with E-state index < -0.39 is 23.5 Å². The number of esters is 1. The fourth-order valence-corrected chi connectivity index (χ4v) is 2.45. The number of hydrogen-bond donors (Lipinski definition) is 1. The summed E-state index contributed by atoms with van der Waals surface area (Å²) >= 11 is 11.8. The van der Waals surface area contributed by atoms with Crippen molar-refractivity contribution in [3.63, 3.8) is 0 Å². The van der Waals surface area contributed by atoms with Crippen LogP contribution in [0.3, 0.4) is 0 Å². The van der Waals surface area contributed by atoms with E-state index in [4.69, 9.17) is 27.9 Å². The molecule has 0 saturated carbocycles. The molecule has 1 unspecified atom stereocenters. The maximum atomic E-state index is 12.6. The standard InChI is InChI=1S/C19H19Cl2NO3/c1-19(2,3)22-17(23)16(12-7-9-14(20)10-8-12)25-18(24)13-5-4-6-15(21)11-13/h4-11,16H,1-3H3,(H,22,23). The minimum absolute atomic E-state index is 0.273. The van der Waals surface area contributed by atoms with Crippen molar-refractivity contribution >= 4 is 35.1 Å². The van der Waals surface area contributed by atoms with Gasteiger partial charge in [0.05, 0.1) is 5.56 Å². The molecule has 2 aromatic rings. The molecular formula is C19H19Cl2NO3. The lowest BCUT2D eigenvalue weighted by atomic mass is 10.1. The number of halogens is 2. The first-order chi connectivity index (χ1) is 11.7. The smallest absolute Gasteiger partial charge is 0.339 e. The molecule has 0 saturated heterocycles. The van der Waals surface area contributed by atoms with Gasteiger partial charge in [-0.15, -0.1) is 0 Å². The van der Waals surface area contributed by atoms with Crippen LogP contribution in [-0.4, -0.2) is 17.4 Å². The lowest BCUT2D eigenvalue weighted by molar-refractivity contribution is -0.131. The van der Waals surface area contributed by atoms with Crippen LogP contribution in [0.15, 0.2) is 48.5 Å². The second kappa shape index (κ2) is 7.89. The number of benzene rings is 2. The normalized spacial score (nSPS) is 12.4. The van der Waals surface area contributed by atoms with E-state index in [2.05, 4.69) is 5.32 Å². The molecule has 2 rings (SSSR count). The van der Waals surface area contributed by atoms with Crippen molar-refractivity contribution in [2.75, 3.05) is 0 Å². The molecule has 25 heavy (non-hydrogen) atoms. The van der Waals surface area contributed by atoms with Gasteiger partial charge in [-0.3, -0.25) is 4.79 Å². The number of carbonyl (C=O) groups is 2. The lowest BCUT2D eigenvalue weighted by Gasteiger charge is -2.25. The molecule has 0 heterocycles. The molecule has 0 aliphatic heterocycles. The SMILES string of the molecule is CC(C)(C)NC(=O)C(OC(=O)c1cccc(Cl)c1)c1ccc(Cl)cc1. The molecular weight excluding hydrogens is 361 g/mol. The van der Waals surface area contributed by atoms with Gasteiger partial charge in [0.1, 0.15) is 0 Å². The van der Waals surface area contributed by atoms with Crippen molar-refractivity contribution in [3.05, 3.63) is 69.7 Å². The third-order valence-corrected chi connectivity index (χ3v) is 3.68. The molecule has 1 amide bonds. The van der Waals surface area contributed by atoms with Gasteiger partial charge in [-0.2, -0.15) is 0 Å². The Hall–Kier alpha value is -2.04. The fourth-order valence-electron chi connectivity index (χ4n) is 2.14. The summed E-state index contributed by atoms with van der Waals surface area (Å²) in [5, 5.41) is 3.77. The van der Waals surface area contributed by atoms with Gasteiger partial charge in [-0.25, -0.2) is 4.79 Å². The third-order valence-electron chi connectivity index (χ3n) is 3.19. The minimum Gasteiger partial charge on any atom is -0.444 e. The average Bonchev–Trinajstić information content (AvgIpc) is 2.51. The van der Waals surface area contributed by atoms with E-state index in [1.807, 2.05) is 20.8 Å². The van der Waals surface area contributed by atoms with Crippen LogP contribution in [0.1, 0.15) is 42.8 Å². The van der Waals surface area contributed by atoms with Gasteiger partial charge in [0, 0.05) is 21.1 Å². The Balaban J connectivity index is 2.29. The molecule has 0 aliphatic carbocycles. The zero-order chi connectivity index (χ0) is 18.6. The minimum atomic E-state index is -1.09. The lowest BCUT2D eigenvalue weighted by Crippen LogP contribution is -2.44. The molecule has 1 atom stereocenters. The van der Waals surface area contributed by atoms with Crippen LogP contribution >= 0.6 is 23.2 Å². The van der Waals surface area contributed by atoms with E-state index in [9.17, 15) is 9.59 Å². The highest BCUT2D eigenvalue weighted by molar-refractivity contribution is 6.31. The van der Waals surface area contributed by atoms with Crippen molar-refractivity contribution in [3.8, 4) is 0 Å². The molecule has 0 aliphatic rings. The molecule has 132 valence electrons. The highest BCUT2D eigenvalue weighted by atomic mass is 35.5. The predicted octanol–water partition coefficient (Wildman–Crippen LogP) is 4.81. The molecule has 0 radical (unpaired) electrons. The Bertz CT molecular complexity index is 767. The second-order valence-electron chi connectivity index (χ2n) is 6.59. The molecule has 1 N–H and O–H groups in total. The molecule has 0 fully saturated rings. The fraction of sp³-hybridized carbons (Fsp3) is 0.263. The van der Waals surface area contributed by atoms with E-state index in [1.165, 1.54) is 6.07 Å².